The van der Waals surface area contributed by atoms with Crippen LogP contribution < -0.4 is 15.0 Å². The summed E-state index contributed by atoms with van der Waals surface area (Å²) < 4.78 is 27.6. The minimum Gasteiger partial charge on any atom is -0.496 e. The largest absolute Gasteiger partial charge is 0.496 e. The van der Waals surface area contributed by atoms with Gasteiger partial charge in [-0.25, -0.2) is 9.37 Å². The molecule has 5 rings (SSSR count). The van der Waals surface area contributed by atoms with E-state index in [1.165, 1.54) is 16.8 Å². The normalized spacial score (nSPS) is 11.5. The number of hydrogen-bond acceptors (Lipinski definition) is 5. The lowest BCUT2D eigenvalue weighted by molar-refractivity contribution is 0.302. The summed E-state index contributed by atoms with van der Waals surface area (Å²) in [6, 6.07) is 21.1. The number of hydrogen-bond donors (Lipinski definition) is 0. The first-order chi connectivity index (χ1) is 20.2. The molecule has 42 heavy (non-hydrogen) atoms. The Morgan fingerprint density at radius 2 is 1.71 bits per heavy atom. The molecule has 0 saturated carbocycles. The monoisotopic (exact) mass is 691 g/mol. The number of nitrogens with zero attached hydrogens (tertiary/aromatic N) is 3. The van der Waals surface area contributed by atoms with Crippen molar-refractivity contribution >= 4 is 49.0 Å². The third-order valence-corrected chi connectivity index (χ3v) is 8.01. The van der Waals surface area contributed by atoms with Gasteiger partial charge in [-0.1, -0.05) is 38.1 Å². The van der Waals surface area contributed by atoms with E-state index in [0.717, 1.165) is 33.6 Å². The van der Waals surface area contributed by atoms with E-state index in [9.17, 15) is 9.18 Å². The average Bonchev–Trinajstić information content (AvgIpc) is 2.96. The van der Waals surface area contributed by atoms with Crippen molar-refractivity contribution < 1.29 is 13.9 Å². The molecule has 0 radical (unpaired) electrons. The smallest absolute Gasteiger partial charge is 0.282 e. The van der Waals surface area contributed by atoms with E-state index in [4.69, 9.17) is 14.5 Å². The number of para-hydroxylation sites is 1. The van der Waals surface area contributed by atoms with Gasteiger partial charge >= 0.3 is 0 Å². The van der Waals surface area contributed by atoms with Gasteiger partial charge in [0.15, 0.2) is 5.82 Å². The third-order valence-electron chi connectivity index (χ3n) is 6.83. The highest BCUT2D eigenvalue weighted by Crippen LogP contribution is 2.36. The van der Waals surface area contributed by atoms with Crippen LogP contribution in [0.1, 0.15) is 42.0 Å². The number of aryl methyl sites for hydroxylation is 1. The standard InChI is InChI=1S/C33H28Br2FN3O3/c1-19(2)25-16-26(20(3)13-30(25)41-4)32-38-29-8-6-5-7-24(29)33(40)39(32)37-17-22-14-27(34)31(28(35)15-22)42-18-21-9-11-23(36)12-10-21/h5-17,19H,18H2,1-4H3. The topological polar surface area (TPSA) is 65.7 Å². The SMILES string of the molecule is COc1cc(C)c(-c2nc3ccccc3c(=O)n2N=Cc2cc(Br)c(OCc3ccc(F)cc3)c(Br)c2)cc1C(C)C. The fourth-order valence-corrected chi connectivity index (χ4v) is 6.08. The molecule has 214 valence electrons. The predicted octanol–water partition coefficient (Wildman–Crippen LogP) is 8.63. The lowest BCUT2D eigenvalue weighted by atomic mass is 9.96. The maximum atomic E-state index is 13.7. The number of fused-ring (bicyclic) bond motifs is 1. The Labute approximate surface area is 260 Å². The third kappa shape index (κ3) is 6.17. The van der Waals surface area contributed by atoms with E-state index in [-0.39, 0.29) is 23.9 Å². The fraction of sp³-hybridized carbons (Fsp3) is 0.182. The molecule has 0 atom stereocenters. The number of aromatic nitrogens is 2. The summed E-state index contributed by atoms with van der Waals surface area (Å²) in [4.78, 5) is 18.6. The van der Waals surface area contributed by atoms with Gasteiger partial charge in [-0.15, -0.1) is 0 Å². The summed E-state index contributed by atoms with van der Waals surface area (Å²) in [5.74, 6) is 1.73. The zero-order valence-electron chi connectivity index (χ0n) is 23.5. The maximum absolute atomic E-state index is 13.7. The van der Waals surface area contributed by atoms with Crippen LogP contribution >= 0.6 is 31.9 Å². The highest BCUT2D eigenvalue weighted by atomic mass is 79.9. The molecule has 9 heteroatoms. The van der Waals surface area contributed by atoms with Gasteiger partial charge < -0.3 is 9.47 Å². The molecule has 0 aliphatic carbocycles. The van der Waals surface area contributed by atoms with Crippen molar-refractivity contribution in [3.63, 3.8) is 0 Å². The average molecular weight is 693 g/mol. The van der Waals surface area contributed by atoms with Gasteiger partial charge in [0.1, 0.15) is 23.9 Å². The van der Waals surface area contributed by atoms with Crippen LogP contribution in [0.3, 0.4) is 0 Å². The second-order valence-electron chi connectivity index (χ2n) is 10.1. The van der Waals surface area contributed by atoms with E-state index in [0.29, 0.717) is 31.4 Å². The van der Waals surface area contributed by atoms with Crippen LogP contribution in [0, 0.1) is 12.7 Å². The summed E-state index contributed by atoms with van der Waals surface area (Å²) in [6.45, 7) is 6.43. The summed E-state index contributed by atoms with van der Waals surface area (Å²) in [7, 11) is 1.66. The number of ether oxygens (including phenoxy) is 2. The first-order valence-corrected chi connectivity index (χ1v) is 14.9. The lowest BCUT2D eigenvalue weighted by Gasteiger charge is -2.17. The molecule has 0 spiro atoms. The van der Waals surface area contributed by atoms with Crippen molar-refractivity contribution in [1.29, 1.82) is 0 Å². The Bertz CT molecular complexity index is 1850. The van der Waals surface area contributed by atoms with Crippen molar-refractivity contribution in [2.24, 2.45) is 5.10 Å². The lowest BCUT2D eigenvalue weighted by Crippen LogP contribution is -2.20. The minimum absolute atomic E-state index is 0.196. The van der Waals surface area contributed by atoms with Crippen LogP contribution in [0.25, 0.3) is 22.3 Å². The zero-order valence-corrected chi connectivity index (χ0v) is 26.7. The minimum atomic E-state index is -0.295. The zero-order chi connectivity index (χ0) is 30.0. The molecule has 4 aromatic carbocycles. The molecule has 1 aromatic heterocycles. The van der Waals surface area contributed by atoms with E-state index in [1.807, 2.05) is 49.4 Å². The summed E-state index contributed by atoms with van der Waals surface area (Å²) in [5, 5.41) is 5.11. The second-order valence-corrected chi connectivity index (χ2v) is 11.8. The van der Waals surface area contributed by atoms with E-state index in [1.54, 1.807) is 31.5 Å². The van der Waals surface area contributed by atoms with Crippen molar-refractivity contribution in [2.75, 3.05) is 7.11 Å². The molecule has 0 N–H and O–H groups in total. The molecular weight excluding hydrogens is 665 g/mol. The number of methoxy groups -OCH3 is 1. The molecular formula is C33H28Br2FN3O3. The highest BCUT2D eigenvalue weighted by molar-refractivity contribution is 9.11. The van der Waals surface area contributed by atoms with Crippen LogP contribution in [0.4, 0.5) is 4.39 Å². The van der Waals surface area contributed by atoms with Crippen molar-refractivity contribution in [3.05, 3.63) is 120 Å². The molecule has 0 aliphatic rings. The van der Waals surface area contributed by atoms with Gasteiger partial charge in [0, 0.05) is 5.56 Å². The van der Waals surface area contributed by atoms with Crippen molar-refractivity contribution in [1.82, 2.24) is 9.66 Å². The van der Waals surface area contributed by atoms with Crippen LogP contribution in [0.5, 0.6) is 11.5 Å². The van der Waals surface area contributed by atoms with E-state index >= 15 is 0 Å². The van der Waals surface area contributed by atoms with Gasteiger partial charge in [-0.2, -0.15) is 9.78 Å². The molecule has 0 amide bonds. The molecule has 6 nitrogen and oxygen atoms in total. The number of benzene rings is 4. The van der Waals surface area contributed by atoms with Crippen LogP contribution in [0.2, 0.25) is 0 Å². The molecule has 0 bridgehead atoms. The predicted molar refractivity (Wildman–Crippen MR) is 172 cm³/mol. The van der Waals surface area contributed by atoms with E-state index in [2.05, 4.69) is 50.8 Å². The molecule has 0 saturated heterocycles. The summed E-state index contributed by atoms with van der Waals surface area (Å²) in [5.41, 5.74) is 4.61. The first kappa shape index (κ1) is 29.7. The molecule has 0 aliphatic heterocycles. The Hall–Kier alpha value is -3.82. The van der Waals surface area contributed by atoms with Crippen molar-refractivity contribution in [3.8, 4) is 22.9 Å². The van der Waals surface area contributed by atoms with Crippen LogP contribution in [-0.4, -0.2) is 23.0 Å². The molecule has 0 unspecified atom stereocenters. The number of halogens is 3. The van der Waals surface area contributed by atoms with Gasteiger partial charge in [-0.05, 0) is 115 Å². The van der Waals surface area contributed by atoms with Gasteiger partial charge in [0.2, 0.25) is 0 Å². The molecule has 1 heterocycles. The molecule has 0 fully saturated rings. The summed E-state index contributed by atoms with van der Waals surface area (Å²) in [6.07, 6.45) is 1.61. The van der Waals surface area contributed by atoms with Crippen LogP contribution in [-0.2, 0) is 6.61 Å². The van der Waals surface area contributed by atoms with E-state index < -0.39 is 0 Å². The quantitative estimate of drug-likeness (QED) is 0.153. The Morgan fingerprint density at radius 3 is 2.38 bits per heavy atom. The molecule has 5 aromatic rings. The van der Waals surface area contributed by atoms with Gasteiger partial charge in [0.25, 0.3) is 5.56 Å². The van der Waals surface area contributed by atoms with Crippen molar-refractivity contribution in [2.45, 2.75) is 33.3 Å². The Morgan fingerprint density at radius 1 is 1.02 bits per heavy atom. The highest BCUT2D eigenvalue weighted by Gasteiger charge is 2.18. The van der Waals surface area contributed by atoms with Gasteiger partial charge in [0.05, 0.1) is 33.2 Å². The van der Waals surface area contributed by atoms with Gasteiger partial charge in [-0.3, -0.25) is 4.79 Å². The Balaban J connectivity index is 1.56. The first-order valence-electron chi connectivity index (χ1n) is 13.3. The summed E-state index contributed by atoms with van der Waals surface area (Å²) >= 11 is 7.17. The maximum Gasteiger partial charge on any atom is 0.282 e. The Kier molecular flexibility index (Phi) is 8.89. The fourth-order valence-electron chi connectivity index (χ4n) is 4.62. The number of rotatable bonds is 8. The second kappa shape index (κ2) is 12.6. The van der Waals surface area contributed by atoms with Crippen LogP contribution in [0.15, 0.2) is 91.6 Å².